The molecule has 0 fully saturated rings. The lowest BCUT2D eigenvalue weighted by atomic mass is 10.1. The third kappa shape index (κ3) is 3.32. The smallest absolute Gasteiger partial charge is 0.350 e. The van der Waals surface area contributed by atoms with E-state index in [4.69, 9.17) is 4.74 Å². The molecule has 0 radical (unpaired) electrons. The zero-order valence-corrected chi connectivity index (χ0v) is 15.4. The number of nitrogens with zero attached hydrogens (tertiary/aromatic N) is 4. The summed E-state index contributed by atoms with van der Waals surface area (Å²) in [5, 5.41) is 11.0. The van der Waals surface area contributed by atoms with E-state index in [1.807, 2.05) is 24.3 Å². The van der Waals surface area contributed by atoms with Crippen molar-refractivity contribution in [2.75, 3.05) is 7.11 Å². The van der Waals surface area contributed by atoms with Crippen LogP contribution in [-0.4, -0.2) is 31.7 Å². The number of methoxy groups -OCH3 is 1. The second-order valence-corrected chi connectivity index (χ2v) is 6.36. The average Bonchev–Trinajstić information content (AvgIpc) is 3.30. The molecule has 2 heterocycles. The first-order valence-corrected chi connectivity index (χ1v) is 8.64. The molecule has 4 aromatic rings. The molecule has 8 heteroatoms. The molecule has 0 atom stereocenters. The molecular formula is C20H18FN5O2. The lowest BCUT2D eigenvalue weighted by Gasteiger charge is -2.05. The average molecular weight is 379 g/mol. The van der Waals surface area contributed by atoms with E-state index in [0.717, 1.165) is 11.1 Å². The Kier molecular flexibility index (Phi) is 4.52. The van der Waals surface area contributed by atoms with Gasteiger partial charge in [-0.15, -0.1) is 0 Å². The summed E-state index contributed by atoms with van der Waals surface area (Å²) in [5.41, 5.74) is 2.96. The van der Waals surface area contributed by atoms with E-state index in [1.54, 1.807) is 25.4 Å². The van der Waals surface area contributed by atoms with Gasteiger partial charge in [-0.2, -0.15) is 10.2 Å². The van der Waals surface area contributed by atoms with E-state index in [0.29, 0.717) is 22.8 Å². The molecule has 0 unspecified atom stereocenters. The molecule has 0 amide bonds. The summed E-state index contributed by atoms with van der Waals surface area (Å²) in [5.74, 6) is 0.520. The van der Waals surface area contributed by atoms with Crippen molar-refractivity contribution in [1.29, 1.82) is 0 Å². The van der Waals surface area contributed by atoms with Crippen LogP contribution < -0.4 is 10.4 Å². The Morgan fingerprint density at radius 1 is 1.14 bits per heavy atom. The minimum Gasteiger partial charge on any atom is -0.497 e. The van der Waals surface area contributed by atoms with Crippen molar-refractivity contribution in [3.63, 3.8) is 0 Å². The quantitative estimate of drug-likeness (QED) is 0.578. The number of benzene rings is 2. The Morgan fingerprint density at radius 2 is 1.93 bits per heavy atom. The first-order chi connectivity index (χ1) is 13.5. The van der Waals surface area contributed by atoms with Gasteiger partial charge < -0.3 is 4.74 Å². The minimum atomic E-state index is -0.423. The third-order valence-electron chi connectivity index (χ3n) is 4.46. The zero-order valence-electron chi connectivity index (χ0n) is 15.4. The Morgan fingerprint density at radius 3 is 2.61 bits per heavy atom. The van der Waals surface area contributed by atoms with Gasteiger partial charge in [0.15, 0.2) is 0 Å². The largest absolute Gasteiger partial charge is 0.497 e. The highest BCUT2D eigenvalue weighted by molar-refractivity contribution is 5.63. The van der Waals surface area contributed by atoms with Crippen LogP contribution in [0.4, 0.5) is 4.39 Å². The molecule has 2 aromatic carbocycles. The molecule has 0 aliphatic carbocycles. The van der Waals surface area contributed by atoms with E-state index in [2.05, 4.69) is 15.3 Å². The molecule has 0 aliphatic rings. The van der Waals surface area contributed by atoms with Gasteiger partial charge >= 0.3 is 5.69 Å². The predicted octanol–water partition coefficient (Wildman–Crippen LogP) is 2.93. The molecule has 2 aromatic heterocycles. The number of aryl methyl sites for hydroxylation is 1. The topological polar surface area (TPSA) is 77.7 Å². The van der Waals surface area contributed by atoms with E-state index in [9.17, 15) is 9.18 Å². The Hall–Kier alpha value is -3.68. The maximum Gasteiger partial charge on any atom is 0.350 e. The standard InChI is InChI=1S/C20H18FN5O2/c1-13-24-25(12-14-7-17(21)9-19(8-14)28-2)20(27)26(13)18-5-3-15(4-6-18)16-10-22-23-11-16/h3-11H,12H2,1-2H3,(H,22,23). The van der Waals surface area contributed by atoms with Crippen LogP contribution >= 0.6 is 0 Å². The van der Waals surface area contributed by atoms with Crippen molar-refractivity contribution in [2.24, 2.45) is 0 Å². The fraction of sp³-hybridized carbons (Fsp3) is 0.150. The molecule has 0 saturated carbocycles. The number of halogens is 1. The summed E-state index contributed by atoms with van der Waals surface area (Å²) < 4.78 is 21.6. The van der Waals surface area contributed by atoms with Crippen LogP contribution in [-0.2, 0) is 6.54 Å². The van der Waals surface area contributed by atoms with Gasteiger partial charge in [-0.1, -0.05) is 12.1 Å². The molecule has 1 N–H and O–H groups in total. The highest BCUT2D eigenvalue weighted by atomic mass is 19.1. The maximum absolute atomic E-state index is 13.7. The summed E-state index contributed by atoms with van der Waals surface area (Å²) >= 11 is 0. The molecule has 7 nitrogen and oxygen atoms in total. The first kappa shape index (κ1) is 17.7. The van der Waals surface area contributed by atoms with Crippen molar-refractivity contribution in [3.05, 3.63) is 82.5 Å². The molecule has 4 rings (SSSR count). The van der Waals surface area contributed by atoms with Crippen molar-refractivity contribution >= 4 is 0 Å². The molecule has 142 valence electrons. The second-order valence-electron chi connectivity index (χ2n) is 6.36. The van der Waals surface area contributed by atoms with Gasteiger partial charge in [0.1, 0.15) is 17.4 Å². The lowest BCUT2D eigenvalue weighted by Crippen LogP contribution is -2.24. The van der Waals surface area contributed by atoms with Crippen LogP contribution in [0.5, 0.6) is 5.75 Å². The van der Waals surface area contributed by atoms with Crippen LogP contribution in [0.15, 0.2) is 59.7 Å². The number of rotatable bonds is 5. The van der Waals surface area contributed by atoms with Crippen molar-refractivity contribution in [1.82, 2.24) is 24.5 Å². The van der Waals surface area contributed by atoms with Crippen molar-refractivity contribution < 1.29 is 9.13 Å². The number of nitrogens with one attached hydrogen (secondary N) is 1. The molecule has 0 bridgehead atoms. The van der Waals surface area contributed by atoms with Gasteiger partial charge in [0.05, 0.1) is 25.5 Å². The minimum absolute atomic E-state index is 0.147. The van der Waals surface area contributed by atoms with Crippen molar-refractivity contribution in [3.8, 4) is 22.6 Å². The fourth-order valence-corrected chi connectivity index (χ4v) is 3.13. The summed E-state index contributed by atoms with van der Waals surface area (Å²) in [6.07, 6.45) is 3.54. The molecule has 0 saturated heterocycles. The summed E-state index contributed by atoms with van der Waals surface area (Å²) in [6, 6.07) is 11.9. The van der Waals surface area contributed by atoms with Crippen LogP contribution in [0.3, 0.4) is 0 Å². The first-order valence-electron chi connectivity index (χ1n) is 8.64. The van der Waals surface area contributed by atoms with Crippen LogP contribution in [0.1, 0.15) is 11.4 Å². The highest BCUT2D eigenvalue weighted by Crippen LogP contribution is 2.20. The van der Waals surface area contributed by atoms with E-state index in [-0.39, 0.29) is 12.2 Å². The van der Waals surface area contributed by atoms with Crippen molar-refractivity contribution in [2.45, 2.75) is 13.5 Å². The van der Waals surface area contributed by atoms with Crippen LogP contribution in [0.2, 0.25) is 0 Å². The van der Waals surface area contributed by atoms with Gasteiger partial charge in [-0.3, -0.25) is 5.10 Å². The summed E-state index contributed by atoms with van der Waals surface area (Å²) in [6.45, 7) is 1.90. The zero-order chi connectivity index (χ0) is 19.7. The number of ether oxygens (including phenoxy) is 1. The van der Waals surface area contributed by atoms with E-state index >= 15 is 0 Å². The monoisotopic (exact) mass is 379 g/mol. The van der Waals surface area contributed by atoms with Gasteiger partial charge in [-0.05, 0) is 42.3 Å². The fourth-order valence-electron chi connectivity index (χ4n) is 3.13. The van der Waals surface area contributed by atoms with Gasteiger partial charge in [0, 0.05) is 17.8 Å². The normalized spacial score (nSPS) is 11.0. The Labute approximate surface area is 160 Å². The number of H-pyrrole nitrogens is 1. The SMILES string of the molecule is COc1cc(F)cc(Cn2nc(C)n(-c3ccc(-c4cn[nH]c4)cc3)c2=O)c1. The van der Waals surface area contributed by atoms with Crippen LogP contribution in [0, 0.1) is 12.7 Å². The predicted molar refractivity (Wildman–Crippen MR) is 102 cm³/mol. The van der Waals surface area contributed by atoms with E-state index in [1.165, 1.54) is 28.5 Å². The summed E-state index contributed by atoms with van der Waals surface area (Å²) in [7, 11) is 1.47. The Balaban J connectivity index is 1.66. The number of hydrogen-bond donors (Lipinski definition) is 1. The molecule has 28 heavy (non-hydrogen) atoms. The molecule has 0 spiro atoms. The third-order valence-corrected chi connectivity index (χ3v) is 4.46. The summed E-state index contributed by atoms with van der Waals surface area (Å²) in [4.78, 5) is 12.9. The van der Waals surface area contributed by atoms with Gasteiger partial charge in [0.2, 0.25) is 0 Å². The number of hydrogen-bond acceptors (Lipinski definition) is 4. The Bertz CT molecular complexity index is 1160. The van der Waals surface area contributed by atoms with Crippen LogP contribution in [0.25, 0.3) is 16.8 Å². The highest BCUT2D eigenvalue weighted by Gasteiger charge is 2.13. The van der Waals surface area contributed by atoms with E-state index < -0.39 is 5.82 Å². The number of aromatic amines is 1. The van der Waals surface area contributed by atoms with Gasteiger partial charge in [0.25, 0.3) is 0 Å². The molecular weight excluding hydrogens is 361 g/mol. The molecule has 0 aliphatic heterocycles. The van der Waals surface area contributed by atoms with Gasteiger partial charge in [-0.25, -0.2) is 18.4 Å². The maximum atomic E-state index is 13.7. The second kappa shape index (κ2) is 7.15. The lowest BCUT2D eigenvalue weighted by molar-refractivity contribution is 0.410. The number of aromatic nitrogens is 5.